The minimum atomic E-state index is -4.82. The summed E-state index contributed by atoms with van der Waals surface area (Å²) in [6.45, 7) is -0.697. The number of hydrogen-bond donors (Lipinski definition) is 1. The minimum absolute atomic E-state index is 0.0360. The molecule has 0 atom stereocenters. The summed E-state index contributed by atoms with van der Waals surface area (Å²) < 4.78 is 44.7. The van der Waals surface area contributed by atoms with Crippen LogP contribution >= 0.6 is 34.8 Å². The first-order valence-corrected chi connectivity index (χ1v) is 8.02. The SMILES string of the molecule is O=C(COC(=O)c1ncc(Cl)c(Cl)c1Cl)Nc1ccc(OC(F)(F)F)cc1. The molecular weight excluding hydrogens is 436 g/mol. The number of ether oxygens (including phenoxy) is 2. The van der Waals surface area contributed by atoms with Crippen molar-refractivity contribution in [2.24, 2.45) is 0 Å². The van der Waals surface area contributed by atoms with Gasteiger partial charge in [0.1, 0.15) is 5.75 Å². The summed E-state index contributed by atoms with van der Waals surface area (Å²) in [5.41, 5.74) is -0.163. The molecule has 1 aromatic carbocycles. The van der Waals surface area contributed by atoms with Gasteiger partial charge in [0.15, 0.2) is 12.3 Å². The Balaban J connectivity index is 1.91. The summed E-state index contributed by atoms with van der Waals surface area (Å²) in [4.78, 5) is 27.3. The summed E-state index contributed by atoms with van der Waals surface area (Å²) >= 11 is 17.3. The Morgan fingerprint density at radius 3 is 2.30 bits per heavy atom. The first-order chi connectivity index (χ1) is 12.6. The van der Waals surface area contributed by atoms with Gasteiger partial charge in [-0.25, -0.2) is 9.78 Å². The van der Waals surface area contributed by atoms with Crippen LogP contribution in [-0.2, 0) is 9.53 Å². The standard InChI is InChI=1S/C15H8Cl3F3N2O4/c16-9-5-22-13(12(18)11(9)17)14(25)26-6-10(24)23-7-1-3-8(4-2-7)27-15(19,20)21/h1-5H,6H2,(H,23,24). The maximum atomic E-state index is 12.1. The third kappa shape index (κ3) is 6.16. The van der Waals surface area contributed by atoms with E-state index in [9.17, 15) is 22.8 Å². The van der Waals surface area contributed by atoms with Crippen LogP contribution in [0.15, 0.2) is 30.5 Å². The Morgan fingerprint density at radius 1 is 1.07 bits per heavy atom. The van der Waals surface area contributed by atoms with Crippen molar-refractivity contribution >= 4 is 52.4 Å². The average Bonchev–Trinajstić information content (AvgIpc) is 2.58. The molecule has 1 amide bonds. The van der Waals surface area contributed by atoms with Crippen LogP contribution in [0.5, 0.6) is 5.75 Å². The highest BCUT2D eigenvalue weighted by Gasteiger charge is 2.31. The molecule has 0 fully saturated rings. The van der Waals surface area contributed by atoms with E-state index in [1.54, 1.807) is 0 Å². The number of rotatable bonds is 5. The van der Waals surface area contributed by atoms with Crippen LogP contribution < -0.4 is 10.1 Å². The summed E-state index contributed by atoms with van der Waals surface area (Å²) in [6.07, 6.45) is -3.73. The molecule has 1 N–H and O–H groups in total. The van der Waals surface area contributed by atoms with E-state index in [0.717, 1.165) is 18.3 Å². The minimum Gasteiger partial charge on any atom is -0.451 e. The Bertz CT molecular complexity index is 861. The lowest BCUT2D eigenvalue weighted by Crippen LogP contribution is -2.21. The molecule has 0 spiro atoms. The molecule has 12 heteroatoms. The number of carbonyl (C=O) groups is 2. The fraction of sp³-hybridized carbons (Fsp3) is 0.133. The third-order valence-electron chi connectivity index (χ3n) is 2.82. The Kier molecular flexibility index (Phi) is 6.74. The number of aromatic nitrogens is 1. The van der Waals surface area contributed by atoms with Crippen LogP contribution in [0.25, 0.3) is 0 Å². The lowest BCUT2D eigenvalue weighted by atomic mass is 10.3. The Labute approximate surface area is 165 Å². The highest BCUT2D eigenvalue weighted by Crippen LogP contribution is 2.31. The molecule has 1 aromatic heterocycles. The second-order valence-corrected chi connectivity index (χ2v) is 5.94. The maximum absolute atomic E-state index is 12.1. The Hall–Kier alpha value is -2.23. The van der Waals surface area contributed by atoms with Gasteiger partial charge in [-0.3, -0.25) is 4.79 Å². The smallest absolute Gasteiger partial charge is 0.451 e. The van der Waals surface area contributed by atoms with Crippen molar-refractivity contribution in [2.45, 2.75) is 6.36 Å². The second kappa shape index (κ2) is 8.64. The van der Waals surface area contributed by atoms with E-state index >= 15 is 0 Å². The van der Waals surface area contributed by atoms with Crippen LogP contribution in [0.4, 0.5) is 18.9 Å². The molecule has 0 radical (unpaired) electrons. The molecule has 0 unspecified atom stereocenters. The van der Waals surface area contributed by atoms with E-state index in [-0.39, 0.29) is 26.4 Å². The largest absolute Gasteiger partial charge is 0.573 e. The molecule has 0 saturated heterocycles. The normalized spacial score (nSPS) is 11.0. The molecule has 0 aliphatic rings. The van der Waals surface area contributed by atoms with E-state index in [1.807, 2.05) is 0 Å². The first-order valence-electron chi connectivity index (χ1n) is 6.89. The topological polar surface area (TPSA) is 77.5 Å². The van der Waals surface area contributed by atoms with Crippen molar-refractivity contribution in [3.05, 3.63) is 51.2 Å². The molecular formula is C15H8Cl3F3N2O4. The molecule has 27 heavy (non-hydrogen) atoms. The highest BCUT2D eigenvalue weighted by atomic mass is 35.5. The average molecular weight is 444 g/mol. The van der Waals surface area contributed by atoms with Crippen LogP contribution in [0.2, 0.25) is 15.1 Å². The van der Waals surface area contributed by atoms with Gasteiger partial charge < -0.3 is 14.8 Å². The third-order valence-corrected chi connectivity index (χ3v) is 4.06. The van der Waals surface area contributed by atoms with Crippen molar-refractivity contribution in [2.75, 3.05) is 11.9 Å². The first kappa shape index (κ1) is 21.1. The molecule has 2 rings (SSSR count). The number of hydrogen-bond acceptors (Lipinski definition) is 5. The van der Waals surface area contributed by atoms with Crippen LogP contribution in [0, 0.1) is 0 Å². The molecule has 0 bridgehead atoms. The molecule has 6 nitrogen and oxygen atoms in total. The van der Waals surface area contributed by atoms with Gasteiger partial charge in [-0.1, -0.05) is 34.8 Å². The van der Waals surface area contributed by atoms with Crippen LogP contribution in [0.1, 0.15) is 10.5 Å². The molecule has 0 saturated carbocycles. The highest BCUT2D eigenvalue weighted by molar-refractivity contribution is 6.48. The van der Waals surface area contributed by atoms with Gasteiger partial charge in [-0.2, -0.15) is 0 Å². The van der Waals surface area contributed by atoms with Crippen LogP contribution in [-0.4, -0.2) is 29.8 Å². The molecule has 144 valence electrons. The van der Waals surface area contributed by atoms with Gasteiger partial charge >= 0.3 is 12.3 Å². The predicted octanol–water partition coefficient (Wildman–Crippen LogP) is 4.74. The van der Waals surface area contributed by atoms with E-state index in [4.69, 9.17) is 39.5 Å². The zero-order valence-corrected chi connectivity index (χ0v) is 15.2. The quantitative estimate of drug-likeness (QED) is 0.676. The number of anilines is 1. The van der Waals surface area contributed by atoms with Crippen molar-refractivity contribution in [1.29, 1.82) is 0 Å². The summed E-state index contributed by atoms with van der Waals surface area (Å²) in [7, 11) is 0. The van der Waals surface area contributed by atoms with E-state index in [1.165, 1.54) is 12.1 Å². The lowest BCUT2D eigenvalue weighted by Gasteiger charge is -2.10. The fourth-order valence-electron chi connectivity index (χ4n) is 1.72. The zero-order chi connectivity index (χ0) is 20.2. The van der Waals surface area contributed by atoms with Gasteiger partial charge in [0.25, 0.3) is 5.91 Å². The van der Waals surface area contributed by atoms with Crippen molar-refractivity contribution < 1.29 is 32.2 Å². The molecule has 0 aliphatic carbocycles. The Morgan fingerprint density at radius 2 is 1.70 bits per heavy atom. The van der Waals surface area contributed by atoms with Gasteiger partial charge in [-0.15, -0.1) is 13.2 Å². The number of alkyl halides is 3. The summed E-state index contributed by atoms with van der Waals surface area (Å²) in [5.74, 6) is -2.21. The van der Waals surface area contributed by atoms with Gasteiger partial charge in [0.2, 0.25) is 0 Å². The van der Waals surface area contributed by atoms with Crippen molar-refractivity contribution in [3.8, 4) is 5.75 Å². The number of halogens is 6. The number of esters is 1. The monoisotopic (exact) mass is 442 g/mol. The maximum Gasteiger partial charge on any atom is 0.573 e. The summed E-state index contributed by atoms with van der Waals surface area (Å²) in [6, 6.07) is 4.37. The summed E-state index contributed by atoms with van der Waals surface area (Å²) in [5, 5.41) is 2.04. The van der Waals surface area contributed by atoms with Crippen LogP contribution in [0.3, 0.4) is 0 Å². The number of nitrogens with one attached hydrogen (secondary N) is 1. The van der Waals surface area contributed by atoms with Crippen molar-refractivity contribution in [3.63, 3.8) is 0 Å². The number of nitrogens with zero attached hydrogens (tertiary/aromatic N) is 1. The zero-order valence-electron chi connectivity index (χ0n) is 12.9. The lowest BCUT2D eigenvalue weighted by molar-refractivity contribution is -0.274. The van der Waals surface area contributed by atoms with Crippen molar-refractivity contribution in [1.82, 2.24) is 4.98 Å². The number of benzene rings is 1. The second-order valence-electron chi connectivity index (χ2n) is 4.78. The number of pyridine rings is 1. The van der Waals surface area contributed by atoms with E-state index in [2.05, 4.69) is 15.0 Å². The number of amides is 1. The molecule has 1 heterocycles. The predicted molar refractivity (Wildman–Crippen MR) is 91.3 cm³/mol. The molecule has 2 aromatic rings. The molecule has 0 aliphatic heterocycles. The van der Waals surface area contributed by atoms with Gasteiger partial charge in [-0.05, 0) is 24.3 Å². The van der Waals surface area contributed by atoms with E-state index < -0.39 is 30.6 Å². The van der Waals surface area contributed by atoms with Gasteiger partial charge in [0.05, 0.1) is 15.1 Å². The van der Waals surface area contributed by atoms with Gasteiger partial charge in [0, 0.05) is 11.9 Å². The number of carbonyl (C=O) groups excluding carboxylic acids is 2. The fourth-order valence-corrected chi connectivity index (χ4v) is 2.28. The van der Waals surface area contributed by atoms with E-state index in [0.29, 0.717) is 0 Å².